The minimum absolute atomic E-state index is 0.783. The SMILES string of the molecule is CCCCCCCc1cc(C)c2cc(OC)cc(OC)c2n1. The maximum Gasteiger partial charge on any atom is 0.148 e. The Morgan fingerprint density at radius 3 is 2.41 bits per heavy atom. The highest BCUT2D eigenvalue weighted by atomic mass is 16.5. The number of hydrogen-bond donors (Lipinski definition) is 0. The molecule has 2 aromatic rings. The van der Waals surface area contributed by atoms with Crippen molar-refractivity contribution in [2.75, 3.05) is 14.2 Å². The number of ether oxygens (including phenoxy) is 2. The van der Waals surface area contributed by atoms with Crippen LogP contribution in [0.3, 0.4) is 0 Å². The Hall–Kier alpha value is -1.77. The first kappa shape index (κ1) is 16.6. The second-order valence-corrected chi connectivity index (χ2v) is 5.82. The number of nitrogens with zero attached hydrogens (tertiary/aromatic N) is 1. The van der Waals surface area contributed by atoms with E-state index in [4.69, 9.17) is 14.5 Å². The van der Waals surface area contributed by atoms with Gasteiger partial charge in [-0.15, -0.1) is 0 Å². The van der Waals surface area contributed by atoms with E-state index in [2.05, 4.69) is 19.9 Å². The third kappa shape index (κ3) is 3.90. The summed E-state index contributed by atoms with van der Waals surface area (Å²) in [5.74, 6) is 1.59. The summed E-state index contributed by atoms with van der Waals surface area (Å²) in [5.41, 5.74) is 3.32. The zero-order chi connectivity index (χ0) is 15.9. The molecule has 1 aromatic carbocycles. The van der Waals surface area contributed by atoms with E-state index in [1.807, 2.05) is 12.1 Å². The lowest BCUT2D eigenvalue weighted by molar-refractivity contribution is 0.397. The van der Waals surface area contributed by atoms with Crippen LogP contribution in [0, 0.1) is 6.92 Å². The van der Waals surface area contributed by atoms with Crippen LogP contribution in [0.1, 0.15) is 50.3 Å². The van der Waals surface area contributed by atoms with Crippen molar-refractivity contribution in [1.82, 2.24) is 4.98 Å². The molecule has 0 saturated heterocycles. The Bertz CT molecular complexity index is 622. The summed E-state index contributed by atoms with van der Waals surface area (Å²) >= 11 is 0. The number of aryl methyl sites for hydroxylation is 2. The number of rotatable bonds is 8. The van der Waals surface area contributed by atoms with Gasteiger partial charge in [0.25, 0.3) is 0 Å². The number of benzene rings is 1. The van der Waals surface area contributed by atoms with Crippen LogP contribution in [0.5, 0.6) is 11.5 Å². The molecule has 0 saturated carbocycles. The molecule has 0 atom stereocenters. The average Bonchev–Trinajstić information content (AvgIpc) is 2.54. The van der Waals surface area contributed by atoms with Gasteiger partial charge in [-0.3, -0.25) is 0 Å². The summed E-state index contributed by atoms with van der Waals surface area (Å²) in [4.78, 5) is 4.82. The molecule has 0 aliphatic carbocycles. The molecule has 0 unspecified atom stereocenters. The number of unbranched alkanes of at least 4 members (excludes halogenated alkanes) is 4. The Balaban J connectivity index is 2.23. The zero-order valence-corrected chi connectivity index (χ0v) is 14.2. The molecule has 0 radical (unpaired) electrons. The van der Waals surface area contributed by atoms with E-state index in [1.54, 1.807) is 14.2 Å². The molecule has 0 spiro atoms. The van der Waals surface area contributed by atoms with Crippen LogP contribution in [0.4, 0.5) is 0 Å². The van der Waals surface area contributed by atoms with Crippen LogP contribution >= 0.6 is 0 Å². The highest BCUT2D eigenvalue weighted by Crippen LogP contribution is 2.32. The quantitative estimate of drug-likeness (QED) is 0.638. The number of pyridine rings is 1. The van der Waals surface area contributed by atoms with Gasteiger partial charge in [0.2, 0.25) is 0 Å². The van der Waals surface area contributed by atoms with Gasteiger partial charge in [0, 0.05) is 17.1 Å². The molecule has 0 fully saturated rings. The Kier molecular flexibility index (Phi) is 6.05. The van der Waals surface area contributed by atoms with Crippen molar-refractivity contribution in [1.29, 1.82) is 0 Å². The van der Waals surface area contributed by atoms with Gasteiger partial charge in [0.1, 0.15) is 17.0 Å². The molecule has 0 bridgehead atoms. The first-order chi connectivity index (χ1) is 10.7. The average molecular weight is 301 g/mol. The molecule has 1 aromatic heterocycles. The molecular weight excluding hydrogens is 274 g/mol. The summed E-state index contributed by atoms with van der Waals surface area (Å²) in [6.45, 7) is 4.37. The molecule has 3 nitrogen and oxygen atoms in total. The molecule has 120 valence electrons. The van der Waals surface area contributed by atoms with Crippen LogP contribution in [0.2, 0.25) is 0 Å². The highest BCUT2D eigenvalue weighted by molar-refractivity contribution is 5.89. The first-order valence-corrected chi connectivity index (χ1v) is 8.21. The van der Waals surface area contributed by atoms with Gasteiger partial charge in [-0.05, 0) is 37.5 Å². The fraction of sp³-hybridized carbons (Fsp3) is 0.526. The van der Waals surface area contributed by atoms with Gasteiger partial charge in [0.15, 0.2) is 0 Å². The van der Waals surface area contributed by atoms with E-state index < -0.39 is 0 Å². The van der Waals surface area contributed by atoms with E-state index in [9.17, 15) is 0 Å². The minimum Gasteiger partial charge on any atom is -0.497 e. The first-order valence-electron chi connectivity index (χ1n) is 8.21. The van der Waals surface area contributed by atoms with E-state index in [0.29, 0.717) is 0 Å². The predicted molar refractivity (Wildman–Crippen MR) is 92.0 cm³/mol. The van der Waals surface area contributed by atoms with Crippen molar-refractivity contribution in [3.8, 4) is 11.5 Å². The fourth-order valence-electron chi connectivity index (χ4n) is 2.81. The van der Waals surface area contributed by atoms with Crippen molar-refractivity contribution in [2.24, 2.45) is 0 Å². The van der Waals surface area contributed by atoms with Crippen LogP contribution in [0.15, 0.2) is 18.2 Å². The van der Waals surface area contributed by atoms with Crippen LogP contribution in [0.25, 0.3) is 10.9 Å². The van der Waals surface area contributed by atoms with Crippen molar-refractivity contribution in [3.05, 3.63) is 29.5 Å². The third-order valence-corrected chi connectivity index (χ3v) is 4.10. The minimum atomic E-state index is 0.783. The van der Waals surface area contributed by atoms with Crippen molar-refractivity contribution >= 4 is 10.9 Å². The number of aromatic nitrogens is 1. The van der Waals surface area contributed by atoms with Crippen LogP contribution in [-0.2, 0) is 6.42 Å². The van der Waals surface area contributed by atoms with Gasteiger partial charge in [-0.25, -0.2) is 4.98 Å². The Morgan fingerprint density at radius 1 is 0.955 bits per heavy atom. The second-order valence-electron chi connectivity index (χ2n) is 5.82. The lowest BCUT2D eigenvalue weighted by atomic mass is 10.0. The predicted octanol–water partition coefficient (Wildman–Crippen LogP) is 5.07. The normalized spacial score (nSPS) is 10.9. The zero-order valence-electron chi connectivity index (χ0n) is 14.2. The van der Waals surface area contributed by atoms with E-state index >= 15 is 0 Å². The second kappa shape index (κ2) is 8.02. The monoisotopic (exact) mass is 301 g/mol. The summed E-state index contributed by atoms with van der Waals surface area (Å²) in [5, 5.41) is 1.10. The molecule has 0 aliphatic heterocycles. The van der Waals surface area contributed by atoms with Crippen LogP contribution < -0.4 is 9.47 Å². The standard InChI is InChI=1S/C19H27NO2/c1-5-6-7-8-9-10-15-11-14(2)17-12-16(21-3)13-18(22-4)19(17)20-15/h11-13H,5-10H2,1-4H3. The molecule has 22 heavy (non-hydrogen) atoms. The van der Waals surface area contributed by atoms with Gasteiger partial charge in [-0.2, -0.15) is 0 Å². The summed E-state index contributed by atoms with van der Waals surface area (Å²) in [7, 11) is 3.36. The maximum absolute atomic E-state index is 5.50. The van der Waals surface area contributed by atoms with E-state index in [-0.39, 0.29) is 0 Å². The summed E-state index contributed by atoms with van der Waals surface area (Å²) in [6.07, 6.45) is 7.46. The van der Waals surface area contributed by atoms with Gasteiger partial charge >= 0.3 is 0 Å². The fourth-order valence-corrected chi connectivity index (χ4v) is 2.81. The third-order valence-electron chi connectivity index (χ3n) is 4.10. The van der Waals surface area contributed by atoms with Crippen LogP contribution in [-0.4, -0.2) is 19.2 Å². The largest absolute Gasteiger partial charge is 0.497 e. The van der Waals surface area contributed by atoms with E-state index in [1.165, 1.54) is 37.7 Å². The maximum atomic E-state index is 5.50. The van der Waals surface area contributed by atoms with Gasteiger partial charge in [-0.1, -0.05) is 32.6 Å². The number of methoxy groups -OCH3 is 2. The van der Waals surface area contributed by atoms with Gasteiger partial charge in [0.05, 0.1) is 14.2 Å². The molecule has 0 amide bonds. The smallest absolute Gasteiger partial charge is 0.148 e. The lowest BCUT2D eigenvalue weighted by Crippen LogP contribution is -1.97. The van der Waals surface area contributed by atoms with Crippen molar-refractivity contribution in [2.45, 2.75) is 52.4 Å². The van der Waals surface area contributed by atoms with E-state index in [0.717, 1.165) is 34.5 Å². The molecule has 0 aliphatic rings. The van der Waals surface area contributed by atoms with Gasteiger partial charge < -0.3 is 9.47 Å². The Labute approximate surface area is 133 Å². The van der Waals surface area contributed by atoms with Crippen molar-refractivity contribution in [3.63, 3.8) is 0 Å². The molecule has 2 rings (SSSR count). The summed E-state index contributed by atoms with van der Waals surface area (Å²) < 4.78 is 10.8. The topological polar surface area (TPSA) is 31.4 Å². The molecule has 0 N–H and O–H groups in total. The molecule has 3 heteroatoms. The highest BCUT2D eigenvalue weighted by Gasteiger charge is 2.10. The molecular formula is C19H27NO2. The molecule has 1 heterocycles. The number of hydrogen-bond acceptors (Lipinski definition) is 3. The number of fused-ring (bicyclic) bond motifs is 1. The van der Waals surface area contributed by atoms with Crippen molar-refractivity contribution < 1.29 is 9.47 Å². The Morgan fingerprint density at radius 2 is 1.73 bits per heavy atom. The summed E-state index contributed by atoms with van der Waals surface area (Å²) in [6, 6.07) is 6.13. The lowest BCUT2D eigenvalue weighted by Gasteiger charge is -2.12.